The average Bonchev–Trinajstić information content (AvgIpc) is 2.92. The molecule has 1 aliphatic rings. The number of nitrogens with one attached hydrogen (secondary N) is 1. The lowest BCUT2D eigenvalue weighted by molar-refractivity contribution is -0.147. The Labute approximate surface area is 179 Å². The Bertz CT molecular complexity index is 889. The Morgan fingerprint density at radius 3 is 2.13 bits per heavy atom. The standard InChI is InChI=1S/C23H26F2N2O4/c24-17-5-1-15(2-6-17)13-27(14-22(29)30)23(31)16-3-11-20(21(28)12-4-16)26-19-9-7-18(25)8-10-19/h1-2,5-10,16,20-21,26,28H,3-4,11-14H2,(H,29,30)/t16-,20+,21+/m1/s1. The van der Waals surface area contributed by atoms with Crippen LogP contribution in [-0.4, -0.2) is 45.7 Å². The summed E-state index contributed by atoms with van der Waals surface area (Å²) in [4.78, 5) is 25.7. The monoisotopic (exact) mass is 432 g/mol. The van der Waals surface area contributed by atoms with Gasteiger partial charge in [-0.15, -0.1) is 0 Å². The molecule has 3 rings (SSSR count). The van der Waals surface area contributed by atoms with Crippen LogP contribution in [0.2, 0.25) is 0 Å². The summed E-state index contributed by atoms with van der Waals surface area (Å²) in [6.45, 7) is -0.381. The maximum Gasteiger partial charge on any atom is 0.323 e. The van der Waals surface area contributed by atoms with Gasteiger partial charge in [-0.1, -0.05) is 12.1 Å². The van der Waals surface area contributed by atoms with Crippen molar-refractivity contribution in [3.05, 3.63) is 65.7 Å². The molecule has 2 aromatic rings. The minimum atomic E-state index is -1.13. The number of carboxylic acid groups (broad SMARTS) is 1. The quantitative estimate of drug-likeness (QED) is 0.584. The third-order valence-corrected chi connectivity index (χ3v) is 5.57. The molecular weight excluding hydrogens is 406 g/mol. The highest BCUT2D eigenvalue weighted by Gasteiger charge is 2.32. The number of carbonyl (C=O) groups is 2. The van der Waals surface area contributed by atoms with E-state index in [1.54, 1.807) is 12.1 Å². The summed E-state index contributed by atoms with van der Waals surface area (Å²) in [7, 11) is 0. The topological polar surface area (TPSA) is 89.9 Å². The Kier molecular flexibility index (Phi) is 7.57. The van der Waals surface area contributed by atoms with Gasteiger partial charge in [0.05, 0.1) is 12.1 Å². The molecule has 1 fully saturated rings. The molecule has 0 spiro atoms. The number of aliphatic carboxylic acids is 1. The van der Waals surface area contributed by atoms with Crippen LogP contribution in [0.1, 0.15) is 31.2 Å². The van der Waals surface area contributed by atoms with Crippen molar-refractivity contribution in [2.75, 3.05) is 11.9 Å². The molecule has 0 aromatic heterocycles. The number of halogens is 2. The number of carboxylic acids is 1. The molecule has 0 aliphatic heterocycles. The number of amides is 1. The molecule has 3 atom stereocenters. The Morgan fingerprint density at radius 2 is 1.52 bits per heavy atom. The Hall–Kier alpha value is -3.00. The van der Waals surface area contributed by atoms with E-state index in [1.165, 1.54) is 41.3 Å². The normalized spacial score (nSPS) is 21.2. The van der Waals surface area contributed by atoms with Crippen molar-refractivity contribution in [1.82, 2.24) is 4.90 Å². The van der Waals surface area contributed by atoms with Crippen LogP contribution in [0.25, 0.3) is 0 Å². The van der Waals surface area contributed by atoms with Gasteiger partial charge in [0.2, 0.25) is 5.91 Å². The van der Waals surface area contributed by atoms with E-state index in [9.17, 15) is 28.6 Å². The summed E-state index contributed by atoms with van der Waals surface area (Å²) in [6, 6.07) is 11.1. The smallest absolute Gasteiger partial charge is 0.323 e. The zero-order valence-corrected chi connectivity index (χ0v) is 17.0. The maximum absolute atomic E-state index is 13.2. The van der Waals surface area contributed by atoms with Gasteiger partial charge in [0.25, 0.3) is 0 Å². The zero-order chi connectivity index (χ0) is 22.4. The molecule has 8 heteroatoms. The fourth-order valence-electron chi connectivity index (χ4n) is 3.91. The number of aliphatic hydroxyl groups excluding tert-OH is 1. The molecule has 2 aromatic carbocycles. The molecule has 3 N–H and O–H groups in total. The molecule has 0 heterocycles. The average molecular weight is 432 g/mol. The van der Waals surface area contributed by atoms with Gasteiger partial charge in [-0.2, -0.15) is 0 Å². The van der Waals surface area contributed by atoms with Gasteiger partial charge in [-0.05, 0) is 67.6 Å². The fourth-order valence-corrected chi connectivity index (χ4v) is 3.91. The first-order valence-corrected chi connectivity index (χ1v) is 10.3. The predicted molar refractivity (Wildman–Crippen MR) is 111 cm³/mol. The van der Waals surface area contributed by atoms with E-state index < -0.39 is 30.4 Å². The number of anilines is 1. The van der Waals surface area contributed by atoms with Gasteiger partial charge in [0.15, 0.2) is 0 Å². The van der Waals surface area contributed by atoms with Gasteiger partial charge < -0.3 is 20.4 Å². The van der Waals surface area contributed by atoms with Crippen LogP contribution in [-0.2, 0) is 16.1 Å². The Balaban J connectivity index is 1.66. The highest BCUT2D eigenvalue weighted by molar-refractivity contribution is 5.83. The predicted octanol–water partition coefficient (Wildman–Crippen LogP) is 3.41. The first kappa shape index (κ1) is 22.7. The van der Waals surface area contributed by atoms with E-state index in [0.717, 1.165) is 0 Å². The molecule has 1 saturated carbocycles. The largest absolute Gasteiger partial charge is 0.480 e. The second-order valence-electron chi connectivity index (χ2n) is 7.89. The van der Waals surface area contributed by atoms with E-state index in [-0.39, 0.29) is 24.3 Å². The SMILES string of the molecule is O=C(O)CN(Cc1ccc(F)cc1)C(=O)[C@@H]1CC[C@H](Nc2ccc(F)cc2)[C@@H](O)CC1. The summed E-state index contributed by atoms with van der Waals surface area (Å²) in [5, 5.41) is 23.0. The number of aliphatic hydroxyl groups is 1. The van der Waals surface area contributed by atoms with Crippen molar-refractivity contribution in [2.45, 2.75) is 44.4 Å². The van der Waals surface area contributed by atoms with Gasteiger partial charge in [0, 0.05) is 18.2 Å². The number of hydrogen-bond donors (Lipinski definition) is 3. The Morgan fingerprint density at radius 1 is 0.935 bits per heavy atom. The van der Waals surface area contributed by atoms with Crippen LogP contribution in [0, 0.1) is 17.6 Å². The number of hydrogen-bond acceptors (Lipinski definition) is 4. The summed E-state index contributed by atoms with van der Waals surface area (Å²) < 4.78 is 26.3. The second-order valence-corrected chi connectivity index (χ2v) is 7.89. The molecular formula is C23H26F2N2O4. The molecule has 166 valence electrons. The van der Waals surface area contributed by atoms with Crippen LogP contribution in [0.4, 0.5) is 14.5 Å². The van der Waals surface area contributed by atoms with E-state index in [2.05, 4.69) is 5.32 Å². The maximum atomic E-state index is 13.2. The summed E-state index contributed by atoms with van der Waals surface area (Å²) >= 11 is 0. The molecule has 6 nitrogen and oxygen atoms in total. The summed E-state index contributed by atoms with van der Waals surface area (Å²) in [5.74, 6) is -2.59. The van der Waals surface area contributed by atoms with Gasteiger partial charge in [-0.25, -0.2) is 8.78 Å². The lowest BCUT2D eigenvalue weighted by Gasteiger charge is -2.26. The van der Waals surface area contributed by atoms with Crippen LogP contribution in [0.3, 0.4) is 0 Å². The van der Waals surface area contributed by atoms with Crippen molar-refractivity contribution >= 4 is 17.6 Å². The number of rotatable bonds is 7. The third kappa shape index (κ3) is 6.49. The summed E-state index contributed by atoms with van der Waals surface area (Å²) in [6.07, 6.45) is 1.11. The molecule has 0 unspecified atom stereocenters. The van der Waals surface area contributed by atoms with Crippen molar-refractivity contribution < 1.29 is 28.6 Å². The fraction of sp³-hybridized carbons (Fsp3) is 0.391. The molecule has 0 radical (unpaired) electrons. The van der Waals surface area contributed by atoms with Gasteiger partial charge >= 0.3 is 5.97 Å². The molecule has 1 aliphatic carbocycles. The minimum absolute atomic E-state index is 0.0712. The molecule has 31 heavy (non-hydrogen) atoms. The zero-order valence-electron chi connectivity index (χ0n) is 17.0. The van der Waals surface area contributed by atoms with Crippen LogP contribution in [0.5, 0.6) is 0 Å². The van der Waals surface area contributed by atoms with Crippen molar-refractivity contribution in [1.29, 1.82) is 0 Å². The highest BCUT2D eigenvalue weighted by atomic mass is 19.1. The van der Waals surface area contributed by atoms with E-state index >= 15 is 0 Å². The van der Waals surface area contributed by atoms with Crippen LogP contribution >= 0.6 is 0 Å². The first-order chi connectivity index (χ1) is 14.8. The summed E-state index contributed by atoms with van der Waals surface area (Å²) in [5.41, 5.74) is 1.32. The molecule has 0 bridgehead atoms. The number of nitrogens with zero attached hydrogens (tertiary/aromatic N) is 1. The highest BCUT2D eigenvalue weighted by Crippen LogP contribution is 2.28. The van der Waals surface area contributed by atoms with Crippen LogP contribution in [0.15, 0.2) is 48.5 Å². The second kappa shape index (κ2) is 10.3. The van der Waals surface area contributed by atoms with E-state index in [0.29, 0.717) is 36.9 Å². The molecule has 1 amide bonds. The van der Waals surface area contributed by atoms with Crippen LogP contribution < -0.4 is 5.32 Å². The van der Waals surface area contributed by atoms with E-state index in [4.69, 9.17) is 0 Å². The molecule has 0 saturated heterocycles. The lowest BCUT2D eigenvalue weighted by atomic mass is 9.98. The van der Waals surface area contributed by atoms with Crippen molar-refractivity contribution in [3.63, 3.8) is 0 Å². The number of carbonyl (C=O) groups excluding carboxylic acids is 1. The number of benzene rings is 2. The van der Waals surface area contributed by atoms with Crippen molar-refractivity contribution in [2.24, 2.45) is 5.92 Å². The first-order valence-electron chi connectivity index (χ1n) is 10.3. The minimum Gasteiger partial charge on any atom is -0.480 e. The van der Waals surface area contributed by atoms with E-state index in [1.807, 2.05) is 0 Å². The third-order valence-electron chi connectivity index (χ3n) is 5.57. The van der Waals surface area contributed by atoms with Gasteiger partial charge in [-0.3, -0.25) is 9.59 Å². The van der Waals surface area contributed by atoms with Crippen molar-refractivity contribution in [3.8, 4) is 0 Å². The van der Waals surface area contributed by atoms with Gasteiger partial charge in [0.1, 0.15) is 18.2 Å². The lowest BCUT2D eigenvalue weighted by Crippen LogP contribution is -2.39.